The number of rotatable bonds is 2. The minimum Gasteiger partial charge on any atom is -0.459 e. The molecule has 1 saturated heterocycles. The quantitative estimate of drug-likeness (QED) is 0.730. The van der Waals surface area contributed by atoms with E-state index in [4.69, 9.17) is 4.42 Å². The lowest BCUT2D eigenvalue weighted by atomic mass is 10.2. The van der Waals surface area contributed by atoms with Crippen molar-refractivity contribution in [3.63, 3.8) is 0 Å². The highest BCUT2D eigenvalue weighted by molar-refractivity contribution is 7.17. The van der Waals surface area contributed by atoms with Crippen LogP contribution in [0.4, 0.5) is 5.82 Å². The van der Waals surface area contributed by atoms with Crippen molar-refractivity contribution in [3.8, 4) is 0 Å². The summed E-state index contributed by atoms with van der Waals surface area (Å²) in [5, 5.41) is 3.28. The fourth-order valence-corrected chi connectivity index (χ4v) is 3.59. The van der Waals surface area contributed by atoms with Crippen LogP contribution in [0, 0.1) is 0 Å². The lowest BCUT2D eigenvalue weighted by Crippen LogP contribution is -2.49. The second kappa shape index (κ2) is 5.46. The molecule has 112 valence electrons. The summed E-state index contributed by atoms with van der Waals surface area (Å²) in [5.74, 6) is 1.39. The Bertz CT molecular complexity index is 789. The van der Waals surface area contributed by atoms with Crippen LogP contribution in [-0.2, 0) is 0 Å². The summed E-state index contributed by atoms with van der Waals surface area (Å²) in [6, 6.07) is 7.61. The summed E-state index contributed by atoms with van der Waals surface area (Å²) in [7, 11) is 0. The zero-order valence-electron chi connectivity index (χ0n) is 11.9. The Labute approximate surface area is 131 Å². The molecule has 0 spiro atoms. The van der Waals surface area contributed by atoms with E-state index >= 15 is 0 Å². The van der Waals surface area contributed by atoms with Gasteiger partial charge in [0, 0.05) is 42.5 Å². The van der Waals surface area contributed by atoms with E-state index in [0.717, 1.165) is 18.9 Å². The fourth-order valence-electron chi connectivity index (χ4n) is 2.81. The maximum absolute atomic E-state index is 12.3. The summed E-state index contributed by atoms with van der Waals surface area (Å²) in [4.78, 5) is 20.9. The smallest absolute Gasteiger partial charge is 0.289 e. The van der Waals surface area contributed by atoms with Crippen molar-refractivity contribution in [2.45, 2.75) is 0 Å². The van der Waals surface area contributed by atoms with Crippen molar-refractivity contribution in [3.05, 3.63) is 47.9 Å². The van der Waals surface area contributed by atoms with Gasteiger partial charge in [-0.25, -0.2) is 4.98 Å². The number of amides is 1. The van der Waals surface area contributed by atoms with Gasteiger partial charge in [0.1, 0.15) is 5.82 Å². The molecule has 0 radical (unpaired) electrons. The number of nitrogens with zero attached hydrogens (tertiary/aromatic N) is 3. The van der Waals surface area contributed by atoms with Crippen LogP contribution in [0.15, 0.2) is 46.5 Å². The Morgan fingerprint density at radius 1 is 1.18 bits per heavy atom. The standard InChI is InChI=1S/C16H15N3O2S/c20-16(13-2-1-10-21-13)19-8-6-18(7-9-19)15-12-4-11-22-14(12)3-5-17-15/h1-5,10-11H,6-9H2. The minimum absolute atomic E-state index is 0.0358. The first-order valence-electron chi connectivity index (χ1n) is 7.23. The average molecular weight is 313 g/mol. The minimum atomic E-state index is -0.0358. The Kier molecular flexibility index (Phi) is 3.31. The first-order chi connectivity index (χ1) is 10.8. The van der Waals surface area contributed by atoms with Gasteiger partial charge in [-0.05, 0) is 29.6 Å². The number of piperazine rings is 1. The molecule has 3 aromatic rings. The van der Waals surface area contributed by atoms with Gasteiger partial charge in [-0.2, -0.15) is 0 Å². The normalized spacial score (nSPS) is 15.5. The SMILES string of the molecule is O=C(c1ccco1)N1CCN(c2nccc3sccc23)CC1. The molecule has 0 aromatic carbocycles. The monoisotopic (exact) mass is 313 g/mol. The zero-order valence-corrected chi connectivity index (χ0v) is 12.8. The van der Waals surface area contributed by atoms with Crippen LogP contribution < -0.4 is 4.90 Å². The van der Waals surface area contributed by atoms with Gasteiger partial charge in [0.05, 0.1) is 6.26 Å². The number of hydrogen-bond donors (Lipinski definition) is 0. The van der Waals surface area contributed by atoms with Crippen molar-refractivity contribution in [2.75, 3.05) is 31.1 Å². The topological polar surface area (TPSA) is 49.6 Å². The summed E-state index contributed by atoms with van der Waals surface area (Å²) in [6.07, 6.45) is 3.39. The number of thiophene rings is 1. The van der Waals surface area contributed by atoms with E-state index in [1.54, 1.807) is 23.5 Å². The lowest BCUT2D eigenvalue weighted by Gasteiger charge is -2.35. The van der Waals surface area contributed by atoms with E-state index < -0.39 is 0 Å². The van der Waals surface area contributed by atoms with Crippen molar-refractivity contribution in [1.29, 1.82) is 0 Å². The van der Waals surface area contributed by atoms with Gasteiger partial charge in [0.15, 0.2) is 5.76 Å². The van der Waals surface area contributed by atoms with Crippen molar-refractivity contribution < 1.29 is 9.21 Å². The molecule has 4 rings (SSSR count). The first kappa shape index (κ1) is 13.3. The molecular weight excluding hydrogens is 298 g/mol. The van der Waals surface area contributed by atoms with Gasteiger partial charge in [0.25, 0.3) is 5.91 Å². The molecule has 1 fully saturated rings. The Morgan fingerprint density at radius 2 is 2.05 bits per heavy atom. The summed E-state index contributed by atoms with van der Waals surface area (Å²) >= 11 is 1.73. The third kappa shape index (κ3) is 2.25. The fraction of sp³-hybridized carbons (Fsp3) is 0.250. The highest BCUT2D eigenvalue weighted by Crippen LogP contribution is 2.29. The van der Waals surface area contributed by atoms with Crippen LogP contribution in [0.5, 0.6) is 0 Å². The van der Waals surface area contributed by atoms with E-state index in [0.29, 0.717) is 18.8 Å². The van der Waals surface area contributed by atoms with E-state index in [1.807, 2.05) is 17.2 Å². The van der Waals surface area contributed by atoms with Gasteiger partial charge >= 0.3 is 0 Å². The molecule has 22 heavy (non-hydrogen) atoms. The predicted octanol–water partition coefficient (Wildman–Crippen LogP) is 2.85. The molecule has 0 N–H and O–H groups in total. The molecule has 6 heteroatoms. The van der Waals surface area contributed by atoms with Crippen LogP contribution in [0.3, 0.4) is 0 Å². The highest BCUT2D eigenvalue weighted by Gasteiger charge is 2.25. The number of aromatic nitrogens is 1. The molecule has 0 aliphatic carbocycles. The van der Waals surface area contributed by atoms with Crippen molar-refractivity contribution >= 4 is 33.1 Å². The number of carbonyl (C=O) groups excluding carboxylic acids is 1. The van der Waals surface area contributed by atoms with Crippen LogP contribution in [0.2, 0.25) is 0 Å². The third-order valence-corrected chi connectivity index (χ3v) is 4.84. The Balaban J connectivity index is 1.50. The van der Waals surface area contributed by atoms with Gasteiger partial charge in [0.2, 0.25) is 0 Å². The van der Waals surface area contributed by atoms with Gasteiger partial charge in [-0.15, -0.1) is 11.3 Å². The van der Waals surface area contributed by atoms with Crippen LogP contribution in [-0.4, -0.2) is 42.0 Å². The van der Waals surface area contributed by atoms with Crippen LogP contribution >= 0.6 is 11.3 Å². The van der Waals surface area contributed by atoms with Gasteiger partial charge in [-0.1, -0.05) is 0 Å². The second-order valence-electron chi connectivity index (χ2n) is 5.22. The first-order valence-corrected chi connectivity index (χ1v) is 8.11. The van der Waals surface area contributed by atoms with E-state index in [2.05, 4.69) is 21.3 Å². The zero-order chi connectivity index (χ0) is 14.9. The van der Waals surface area contributed by atoms with E-state index in [1.165, 1.54) is 16.3 Å². The number of fused-ring (bicyclic) bond motifs is 1. The molecule has 0 bridgehead atoms. The number of anilines is 1. The van der Waals surface area contributed by atoms with Crippen LogP contribution in [0.25, 0.3) is 10.1 Å². The van der Waals surface area contributed by atoms with Crippen molar-refractivity contribution in [2.24, 2.45) is 0 Å². The van der Waals surface area contributed by atoms with Crippen LogP contribution in [0.1, 0.15) is 10.6 Å². The van der Waals surface area contributed by atoms with Gasteiger partial charge in [-0.3, -0.25) is 4.79 Å². The number of hydrogen-bond acceptors (Lipinski definition) is 5. The summed E-state index contributed by atoms with van der Waals surface area (Å²) in [6.45, 7) is 2.94. The number of pyridine rings is 1. The predicted molar refractivity (Wildman–Crippen MR) is 86.4 cm³/mol. The summed E-state index contributed by atoms with van der Waals surface area (Å²) < 4.78 is 6.44. The van der Waals surface area contributed by atoms with Gasteiger partial charge < -0.3 is 14.2 Å². The lowest BCUT2D eigenvalue weighted by molar-refractivity contribution is 0.0714. The molecule has 0 unspecified atom stereocenters. The molecule has 1 amide bonds. The van der Waals surface area contributed by atoms with Crippen molar-refractivity contribution in [1.82, 2.24) is 9.88 Å². The molecule has 4 heterocycles. The highest BCUT2D eigenvalue weighted by atomic mass is 32.1. The third-order valence-electron chi connectivity index (χ3n) is 3.96. The molecule has 5 nitrogen and oxygen atoms in total. The molecule has 0 saturated carbocycles. The number of furan rings is 1. The Morgan fingerprint density at radius 3 is 2.82 bits per heavy atom. The summed E-state index contributed by atoms with van der Waals surface area (Å²) in [5.41, 5.74) is 0. The maximum atomic E-state index is 12.3. The number of carbonyl (C=O) groups is 1. The molecule has 1 aliphatic rings. The largest absolute Gasteiger partial charge is 0.459 e. The van der Waals surface area contributed by atoms with E-state index in [9.17, 15) is 4.79 Å². The second-order valence-corrected chi connectivity index (χ2v) is 6.17. The molecular formula is C16H15N3O2S. The van der Waals surface area contributed by atoms with E-state index in [-0.39, 0.29) is 5.91 Å². The Hall–Kier alpha value is -2.34. The average Bonchev–Trinajstić information content (AvgIpc) is 3.25. The maximum Gasteiger partial charge on any atom is 0.289 e. The molecule has 1 aliphatic heterocycles. The molecule has 0 atom stereocenters. The molecule has 3 aromatic heterocycles.